The molecule has 3 aromatic rings. The van der Waals surface area contributed by atoms with Crippen LogP contribution in [0.4, 0.5) is 0 Å². The van der Waals surface area contributed by atoms with Crippen molar-refractivity contribution in [3.8, 4) is 28.0 Å². The molecule has 0 atom stereocenters. The second kappa shape index (κ2) is 17.2. The highest BCUT2D eigenvalue weighted by atomic mass is 16.5. The van der Waals surface area contributed by atoms with E-state index in [0.29, 0.717) is 49.9 Å². The SMILES string of the molecule is C=C(C)C(=O)OCCCc1cc(-c2ccc(-c3ccc(C)cc3)cc2CC)cc(CCCOC(=O)C(=C)C)c1OCCCO. The molecule has 0 aromatic heterocycles. The summed E-state index contributed by atoms with van der Waals surface area (Å²) < 4.78 is 17.0. The van der Waals surface area contributed by atoms with Gasteiger partial charge in [0.25, 0.3) is 0 Å². The Labute approximate surface area is 262 Å². The van der Waals surface area contributed by atoms with E-state index in [2.05, 4.69) is 81.6 Å². The maximum absolute atomic E-state index is 11.9. The van der Waals surface area contributed by atoms with Crippen LogP contribution in [0, 0.1) is 6.92 Å². The Morgan fingerprint density at radius 1 is 0.705 bits per heavy atom. The molecule has 0 aliphatic rings. The first-order valence-electron chi connectivity index (χ1n) is 15.4. The molecule has 0 unspecified atom stereocenters. The van der Waals surface area contributed by atoms with Crippen molar-refractivity contribution in [1.82, 2.24) is 0 Å². The highest BCUT2D eigenvalue weighted by Crippen LogP contribution is 2.36. The van der Waals surface area contributed by atoms with Crippen molar-refractivity contribution in [2.24, 2.45) is 0 Å². The molecule has 6 nitrogen and oxygen atoms in total. The summed E-state index contributed by atoms with van der Waals surface area (Å²) in [4.78, 5) is 23.9. The third kappa shape index (κ3) is 9.95. The van der Waals surface area contributed by atoms with E-state index >= 15 is 0 Å². The minimum atomic E-state index is -0.399. The lowest BCUT2D eigenvalue weighted by molar-refractivity contribution is -0.139. The summed E-state index contributed by atoms with van der Waals surface area (Å²) in [5.41, 5.74) is 9.80. The third-order valence-electron chi connectivity index (χ3n) is 7.32. The van der Waals surface area contributed by atoms with Gasteiger partial charge in [0.2, 0.25) is 0 Å². The van der Waals surface area contributed by atoms with Gasteiger partial charge in [-0.25, -0.2) is 9.59 Å². The normalized spacial score (nSPS) is 10.8. The second-order valence-corrected chi connectivity index (χ2v) is 11.2. The van der Waals surface area contributed by atoms with E-state index in [1.807, 2.05) is 0 Å². The minimum Gasteiger partial charge on any atom is -0.493 e. The second-order valence-electron chi connectivity index (χ2n) is 11.2. The highest BCUT2D eigenvalue weighted by molar-refractivity contribution is 5.87. The van der Waals surface area contributed by atoms with Crippen LogP contribution in [0.25, 0.3) is 22.3 Å². The fourth-order valence-corrected chi connectivity index (χ4v) is 4.90. The summed E-state index contributed by atoms with van der Waals surface area (Å²) in [7, 11) is 0. The average molecular weight is 599 g/mol. The van der Waals surface area contributed by atoms with Gasteiger partial charge in [-0.1, -0.05) is 68.1 Å². The summed E-state index contributed by atoms with van der Waals surface area (Å²) >= 11 is 0. The van der Waals surface area contributed by atoms with Gasteiger partial charge in [-0.2, -0.15) is 0 Å². The molecule has 0 saturated carbocycles. The van der Waals surface area contributed by atoms with Gasteiger partial charge in [0.05, 0.1) is 19.8 Å². The molecule has 0 bridgehead atoms. The Balaban J connectivity index is 2.00. The molecule has 1 N–H and O–H groups in total. The summed E-state index contributed by atoms with van der Waals surface area (Å²) in [6.45, 7) is 15.8. The Kier molecular flexibility index (Phi) is 13.4. The predicted octanol–water partition coefficient (Wildman–Crippen LogP) is 7.76. The van der Waals surface area contributed by atoms with Crippen molar-refractivity contribution < 1.29 is 28.9 Å². The standard InChI is InChI=1S/C38H46O6/c1-7-29-23-31(30-15-13-28(6)14-16-30)17-18-35(29)34-24-32(11-8-20-43-37(40)26(2)3)36(42-22-10-19-39)33(25-34)12-9-21-44-38(41)27(4)5/h13-18,23-25,39H,2,4,7-12,19-22H2,1,3,5-6H3. The minimum absolute atomic E-state index is 0.0314. The Morgan fingerprint density at radius 3 is 1.73 bits per heavy atom. The predicted molar refractivity (Wildman–Crippen MR) is 177 cm³/mol. The molecule has 44 heavy (non-hydrogen) atoms. The lowest BCUT2D eigenvalue weighted by atomic mass is 9.90. The molecule has 0 heterocycles. The van der Waals surface area contributed by atoms with E-state index in [-0.39, 0.29) is 19.8 Å². The van der Waals surface area contributed by atoms with Crippen molar-refractivity contribution in [2.75, 3.05) is 26.4 Å². The van der Waals surface area contributed by atoms with Crippen molar-refractivity contribution in [2.45, 2.75) is 66.2 Å². The van der Waals surface area contributed by atoms with E-state index in [1.165, 1.54) is 22.3 Å². The number of aliphatic hydroxyl groups excluding tert-OH is 1. The van der Waals surface area contributed by atoms with E-state index in [4.69, 9.17) is 14.2 Å². The largest absolute Gasteiger partial charge is 0.493 e. The Hall–Kier alpha value is -4.16. The smallest absolute Gasteiger partial charge is 0.333 e. The van der Waals surface area contributed by atoms with Crippen LogP contribution in [-0.2, 0) is 38.3 Å². The number of rotatable bonds is 17. The third-order valence-corrected chi connectivity index (χ3v) is 7.32. The Bertz CT molecular complexity index is 1400. The molecule has 0 aliphatic carbocycles. The molecule has 3 rings (SSSR count). The molecule has 234 valence electrons. The van der Waals surface area contributed by atoms with Gasteiger partial charge in [-0.3, -0.25) is 0 Å². The molecule has 0 fully saturated rings. The van der Waals surface area contributed by atoms with Crippen LogP contribution in [0.3, 0.4) is 0 Å². The zero-order valence-electron chi connectivity index (χ0n) is 26.7. The quantitative estimate of drug-likeness (QED) is 0.0972. The first kappa shape index (κ1) is 34.3. The fourth-order valence-electron chi connectivity index (χ4n) is 4.90. The van der Waals surface area contributed by atoms with Crippen LogP contribution in [-0.4, -0.2) is 43.5 Å². The number of aryl methyl sites for hydroxylation is 4. The molecular formula is C38H46O6. The zero-order valence-corrected chi connectivity index (χ0v) is 26.7. The van der Waals surface area contributed by atoms with Crippen LogP contribution in [0.2, 0.25) is 0 Å². The number of carbonyl (C=O) groups excluding carboxylic acids is 2. The monoisotopic (exact) mass is 598 g/mol. The van der Waals surface area contributed by atoms with Gasteiger partial charge < -0.3 is 19.3 Å². The van der Waals surface area contributed by atoms with Crippen LogP contribution < -0.4 is 4.74 Å². The van der Waals surface area contributed by atoms with E-state index in [1.54, 1.807) is 13.8 Å². The number of aliphatic hydroxyl groups is 1. The number of benzene rings is 3. The van der Waals surface area contributed by atoms with Crippen LogP contribution in [0.15, 0.2) is 78.9 Å². The first-order chi connectivity index (χ1) is 21.1. The summed E-state index contributed by atoms with van der Waals surface area (Å²) in [6.07, 6.45) is 3.86. The van der Waals surface area contributed by atoms with Gasteiger partial charge in [0.1, 0.15) is 5.75 Å². The molecule has 0 radical (unpaired) electrons. The van der Waals surface area contributed by atoms with Gasteiger partial charge in [0, 0.05) is 24.2 Å². The maximum Gasteiger partial charge on any atom is 0.333 e. The topological polar surface area (TPSA) is 82.1 Å². The molecule has 6 heteroatoms. The van der Waals surface area contributed by atoms with Gasteiger partial charge >= 0.3 is 11.9 Å². The molecule has 0 amide bonds. The summed E-state index contributed by atoms with van der Waals surface area (Å²) in [6, 6.07) is 19.5. The molecule has 0 aliphatic heterocycles. The molecule has 3 aromatic carbocycles. The summed E-state index contributed by atoms with van der Waals surface area (Å²) in [5.74, 6) is -0.0252. The van der Waals surface area contributed by atoms with Gasteiger partial charge in [0.15, 0.2) is 0 Å². The average Bonchev–Trinajstić information content (AvgIpc) is 3.01. The number of esters is 2. The number of hydrogen-bond acceptors (Lipinski definition) is 6. The number of ether oxygens (including phenoxy) is 3. The first-order valence-corrected chi connectivity index (χ1v) is 15.4. The van der Waals surface area contributed by atoms with Crippen molar-refractivity contribution in [3.63, 3.8) is 0 Å². The van der Waals surface area contributed by atoms with Crippen molar-refractivity contribution in [1.29, 1.82) is 0 Å². The van der Waals surface area contributed by atoms with Gasteiger partial charge in [-0.15, -0.1) is 0 Å². The highest BCUT2D eigenvalue weighted by Gasteiger charge is 2.17. The van der Waals surface area contributed by atoms with Crippen LogP contribution in [0.5, 0.6) is 5.75 Å². The zero-order chi connectivity index (χ0) is 32.1. The molecular weight excluding hydrogens is 552 g/mol. The van der Waals surface area contributed by atoms with Crippen LogP contribution >= 0.6 is 0 Å². The number of hydrogen-bond donors (Lipinski definition) is 1. The van der Waals surface area contributed by atoms with E-state index in [9.17, 15) is 14.7 Å². The van der Waals surface area contributed by atoms with Crippen molar-refractivity contribution >= 4 is 11.9 Å². The molecule has 0 saturated heterocycles. The molecule has 0 spiro atoms. The van der Waals surface area contributed by atoms with E-state index in [0.717, 1.165) is 34.4 Å². The Morgan fingerprint density at radius 2 is 1.23 bits per heavy atom. The lowest BCUT2D eigenvalue weighted by Crippen LogP contribution is -2.10. The number of carbonyl (C=O) groups is 2. The van der Waals surface area contributed by atoms with Crippen molar-refractivity contribution in [3.05, 3.63) is 101 Å². The van der Waals surface area contributed by atoms with Crippen LogP contribution in [0.1, 0.15) is 62.3 Å². The van der Waals surface area contributed by atoms with Gasteiger partial charge in [-0.05, 0) is 104 Å². The summed E-state index contributed by atoms with van der Waals surface area (Å²) in [5, 5.41) is 9.40. The van der Waals surface area contributed by atoms with E-state index < -0.39 is 11.9 Å². The maximum atomic E-state index is 11.9. The lowest BCUT2D eigenvalue weighted by Gasteiger charge is -2.20. The fraction of sp³-hybridized carbons (Fsp3) is 0.368.